The molecule has 1 aliphatic rings. The van der Waals surface area contributed by atoms with Crippen LogP contribution in [-0.4, -0.2) is 35.2 Å². The molecule has 1 saturated heterocycles. The van der Waals surface area contributed by atoms with Crippen LogP contribution in [0.15, 0.2) is 29.2 Å². The van der Waals surface area contributed by atoms with Gasteiger partial charge in [-0.05, 0) is 42.3 Å². The van der Waals surface area contributed by atoms with Crippen LogP contribution in [0.5, 0.6) is 0 Å². The number of esters is 1. The second kappa shape index (κ2) is 6.79. The molecule has 22 heavy (non-hydrogen) atoms. The third-order valence-electron chi connectivity index (χ3n) is 3.44. The summed E-state index contributed by atoms with van der Waals surface area (Å²) in [6.45, 7) is 3.54. The lowest BCUT2D eigenvalue weighted by Gasteiger charge is -2.18. The summed E-state index contributed by atoms with van der Waals surface area (Å²) in [5, 5.41) is -0.459. The smallest absolute Gasteiger partial charge is 0.328 e. The summed E-state index contributed by atoms with van der Waals surface area (Å²) in [7, 11) is 1.23. The molecule has 2 amide bonds. The number of aryl methyl sites for hydroxylation is 1. The molecule has 1 heterocycles. The van der Waals surface area contributed by atoms with Crippen molar-refractivity contribution in [2.24, 2.45) is 0 Å². The Morgan fingerprint density at radius 2 is 1.95 bits per heavy atom. The maximum Gasteiger partial charge on any atom is 0.328 e. The van der Waals surface area contributed by atoms with E-state index in [-0.39, 0.29) is 0 Å². The van der Waals surface area contributed by atoms with E-state index in [1.807, 2.05) is 24.3 Å². The van der Waals surface area contributed by atoms with E-state index in [1.54, 1.807) is 6.08 Å². The average molecular weight is 319 g/mol. The van der Waals surface area contributed by atoms with Gasteiger partial charge in [-0.15, -0.1) is 0 Å². The molecule has 0 N–H and O–H groups in total. The van der Waals surface area contributed by atoms with Crippen LogP contribution in [0.1, 0.15) is 25.0 Å². The first-order valence-electron chi connectivity index (χ1n) is 6.91. The van der Waals surface area contributed by atoms with Crippen LogP contribution >= 0.6 is 11.8 Å². The monoisotopic (exact) mass is 319 g/mol. The summed E-state index contributed by atoms with van der Waals surface area (Å²) in [6, 6.07) is 6.83. The lowest BCUT2D eigenvalue weighted by atomic mass is 10.1. The number of carbonyl (C=O) groups excluding carboxylic acids is 3. The van der Waals surface area contributed by atoms with Crippen molar-refractivity contribution in [2.75, 3.05) is 7.11 Å². The molecule has 5 nitrogen and oxygen atoms in total. The van der Waals surface area contributed by atoms with E-state index in [4.69, 9.17) is 0 Å². The summed E-state index contributed by atoms with van der Waals surface area (Å²) in [5.41, 5.74) is 2.04. The maximum atomic E-state index is 12.3. The van der Waals surface area contributed by atoms with Gasteiger partial charge in [0.2, 0.25) is 0 Å². The van der Waals surface area contributed by atoms with E-state index in [0.29, 0.717) is 4.91 Å². The molecule has 0 aromatic heterocycles. The summed E-state index contributed by atoms with van der Waals surface area (Å²) >= 11 is 0.834. The lowest BCUT2D eigenvalue weighted by Crippen LogP contribution is -2.42. The molecule has 0 bridgehead atoms. The maximum absolute atomic E-state index is 12.3. The molecular formula is C16H17NO4S. The van der Waals surface area contributed by atoms with Crippen molar-refractivity contribution in [2.45, 2.75) is 26.3 Å². The van der Waals surface area contributed by atoms with Crippen molar-refractivity contribution >= 4 is 35.0 Å². The number of thioether (sulfide) groups is 1. The van der Waals surface area contributed by atoms with E-state index in [0.717, 1.165) is 28.6 Å². The van der Waals surface area contributed by atoms with Crippen LogP contribution in [0.2, 0.25) is 0 Å². The second-order valence-corrected chi connectivity index (χ2v) is 5.84. The SMILES string of the molecule is CCc1ccc(/C=C2/SC(=O)N([C@H](C)C(=O)OC)C2=O)cc1. The molecule has 0 unspecified atom stereocenters. The highest BCUT2D eigenvalue weighted by Crippen LogP contribution is 2.33. The summed E-state index contributed by atoms with van der Waals surface area (Å²) < 4.78 is 4.59. The van der Waals surface area contributed by atoms with Gasteiger partial charge < -0.3 is 4.74 Å². The molecule has 0 spiro atoms. The molecule has 0 aliphatic carbocycles. The lowest BCUT2D eigenvalue weighted by molar-refractivity contribution is -0.148. The van der Waals surface area contributed by atoms with Crippen molar-refractivity contribution in [3.05, 3.63) is 40.3 Å². The molecule has 1 aromatic carbocycles. The Morgan fingerprint density at radius 3 is 2.50 bits per heavy atom. The molecule has 6 heteroatoms. The summed E-state index contributed by atoms with van der Waals surface area (Å²) in [4.78, 5) is 37.1. The molecule has 1 fully saturated rings. The summed E-state index contributed by atoms with van der Waals surface area (Å²) in [5.74, 6) is -1.08. The van der Waals surface area contributed by atoms with E-state index in [2.05, 4.69) is 11.7 Å². The number of hydrogen-bond donors (Lipinski definition) is 0. The van der Waals surface area contributed by atoms with Crippen molar-refractivity contribution < 1.29 is 19.1 Å². The molecule has 2 rings (SSSR count). The van der Waals surface area contributed by atoms with Crippen LogP contribution in [0, 0.1) is 0 Å². The van der Waals surface area contributed by atoms with Gasteiger partial charge in [-0.25, -0.2) is 4.79 Å². The van der Waals surface area contributed by atoms with Crippen LogP contribution in [0.25, 0.3) is 6.08 Å². The third-order valence-corrected chi connectivity index (χ3v) is 4.32. The highest BCUT2D eigenvalue weighted by atomic mass is 32.2. The van der Waals surface area contributed by atoms with Crippen LogP contribution in [0.4, 0.5) is 4.79 Å². The Bertz CT molecular complexity index is 636. The van der Waals surface area contributed by atoms with Crippen LogP contribution < -0.4 is 0 Å². The van der Waals surface area contributed by atoms with Crippen molar-refractivity contribution in [1.29, 1.82) is 0 Å². The highest BCUT2D eigenvalue weighted by molar-refractivity contribution is 8.18. The number of nitrogens with zero attached hydrogens (tertiary/aromatic N) is 1. The van der Waals surface area contributed by atoms with E-state index in [1.165, 1.54) is 19.6 Å². The molecule has 1 aromatic rings. The molecule has 0 saturated carbocycles. The Balaban J connectivity index is 2.23. The minimum Gasteiger partial charge on any atom is -0.467 e. The Morgan fingerprint density at radius 1 is 1.32 bits per heavy atom. The van der Waals surface area contributed by atoms with Gasteiger partial charge in [0.15, 0.2) is 0 Å². The standard InChI is InChI=1S/C16H17NO4S/c1-4-11-5-7-12(8-6-11)9-13-14(18)17(16(20)22-13)10(2)15(19)21-3/h5-10H,4H2,1-3H3/b13-9+/t10-/m1/s1. The number of imide groups is 1. The highest BCUT2D eigenvalue weighted by Gasteiger charge is 2.41. The molecule has 0 radical (unpaired) electrons. The van der Waals surface area contributed by atoms with Gasteiger partial charge in [-0.1, -0.05) is 31.2 Å². The molecule has 1 aliphatic heterocycles. The largest absolute Gasteiger partial charge is 0.467 e. The molecule has 1 atom stereocenters. The zero-order chi connectivity index (χ0) is 16.3. The predicted molar refractivity (Wildman–Crippen MR) is 85.1 cm³/mol. The molecule has 116 valence electrons. The predicted octanol–water partition coefficient (Wildman–Crippen LogP) is 2.85. The van der Waals surface area contributed by atoms with Gasteiger partial charge in [-0.3, -0.25) is 14.5 Å². The minimum atomic E-state index is -0.925. The van der Waals surface area contributed by atoms with Gasteiger partial charge >= 0.3 is 5.97 Å². The summed E-state index contributed by atoms with van der Waals surface area (Å²) in [6.07, 6.45) is 2.60. The van der Waals surface area contributed by atoms with Gasteiger partial charge in [0.1, 0.15) is 6.04 Å². The van der Waals surface area contributed by atoms with E-state index in [9.17, 15) is 14.4 Å². The Kier molecular flexibility index (Phi) is 5.03. The van der Waals surface area contributed by atoms with Crippen molar-refractivity contribution in [3.8, 4) is 0 Å². The Hall–Kier alpha value is -2.08. The number of rotatable bonds is 4. The van der Waals surface area contributed by atoms with Crippen LogP contribution in [-0.2, 0) is 20.7 Å². The first-order valence-corrected chi connectivity index (χ1v) is 7.73. The first-order chi connectivity index (χ1) is 10.5. The van der Waals surface area contributed by atoms with E-state index >= 15 is 0 Å². The fraction of sp³-hybridized carbons (Fsp3) is 0.312. The van der Waals surface area contributed by atoms with Gasteiger partial charge in [0.25, 0.3) is 11.1 Å². The average Bonchev–Trinajstić information content (AvgIpc) is 2.80. The zero-order valence-corrected chi connectivity index (χ0v) is 13.5. The number of benzene rings is 1. The topological polar surface area (TPSA) is 63.7 Å². The van der Waals surface area contributed by atoms with Gasteiger partial charge in [-0.2, -0.15) is 0 Å². The fourth-order valence-electron chi connectivity index (χ4n) is 2.09. The number of hydrogen-bond acceptors (Lipinski definition) is 5. The first kappa shape index (κ1) is 16.3. The van der Waals surface area contributed by atoms with Gasteiger partial charge in [0.05, 0.1) is 12.0 Å². The van der Waals surface area contributed by atoms with Crippen LogP contribution in [0.3, 0.4) is 0 Å². The number of amides is 2. The normalized spacial score (nSPS) is 18.0. The minimum absolute atomic E-state index is 0.310. The number of ether oxygens (including phenoxy) is 1. The number of methoxy groups -OCH3 is 1. The van der Waals surface area contributed by atoms with Crippen molar-refractivity contribution in [3.63, 3.8) is 0 Å². The fourth-order valence-corrected chi connectivity index (χ4v) is 3.00. The Labute approximate surface area is 133 Å². The zero-order valence-electron chi connectivity index (χ0n) is 12.7. The quantitative estimate of drug-likeness (QED) is 0.631. The molecular weight excluding hydrogens is 302 g/mol. The van der Waals surface area contributed by atoms with Crippen molar-refractivity contribution in [1.82, 2.24) is 4.90 Å². The van der Waals surface area contributed by atoms with E-state index < -0.39 is 23.2 Å². The second-order valence-electron chi connectivity index (χ2n) is 4.85. The number of carbonyl (C=O) groups is 3. The van der Waals surface area contributed by atoms with Gasteiger partial charge in [0, 0.05) is 0 Å². The third kappa shape index (κ3) is 3.22.